The zero-order valence-corrected chi connectivity index (χ0v) is 18.5. The number of carbonyl (C=O) groups is 2. The Morgan fingerprint density at radius 3 is 2.67 bits per heavy atom. The van der Waals surface area contributed by atoms with Crippen LogP contribution < -0.4 is 9.47 Å². The number of ether oxygens (including phenoxy) is 3. The quantitative estimate of drug-likeness (QED) is 0.637. The van der Waals surface area contributed by atoms with Crippen molar-refractivity contribution in [1.29, 1.82) is 0 Å². The number of benzene rings is 1. The molecule has 0 saturated heterocycles. The summed E-state index contributed by atoms with van der Waals surface area (Å²) in [6.07, 6.45) is 1.78. The third-order valence-electron chi connectivity index (χ3n) is 5.83. The van der Waals surface area contributed by atoms with Crippen molar-refractivity contribution in [3.05, 3.63) is 34.0 Å². The minimum absolute atomic E-state index is 0.00419. The highest BCUT2D eigenvalue weighted by Gasteiger charge is 2.47. The summed E-state index contributed by atoms with van der Waals surface area (Å²) < 4.78 is 16.5. The molecule has 0 N–H and O–H groups in total. The molecule has 1 aliphatic carbocycles. The first kappa shape index (κ1) is 20.9. The highest BCUT2D eigenvalue weighted by molar-refractivity contribution is 6.32. The molecule has 0 saturated carbocycles. The van der Waals surface area contributed by atoms with Crippen LogP contribution in [-0.2, 0) is 14.3 Å². The van der Waals surface area contributed by atoms with E-state index < -0.39 is 11.8 Å². The lowest BCUT2D eigenvalue weighted by atomic mass is 9.67. The molecule has 7 heteroatoms. The summed E-state index contributed by atoms with van der Waals surface area (Å²) in [4.78, 5) is 31.1. The fraction of sp³-hybridized carbons (Fsp3) is 0.522. The molecule has 3 aliphatic rings. The van der Waals surface area contributed by atoms with Crippen LogP contribution >= 0.6 is 11.6 Å². The predicted molar refractivity (Wildman–Crippen MR) is 113 cm³/mol. The van der Waals surface area contributed by atoms with Crippen LogP contribution in [0.25, 0.3) is 0 Å². The molecule has 0 aromatic heterocycles. The van der Waals surface area contributed by atoms with Gasteiger partial charge in [-0.3, -0.25) is 14.6 Å². The molecule has 0 amide bonds. The Kier molecular flexibility index (Phi) is 5.39. The molecule has 1 aromatic rings. The fourth-order valence-corrected chi connectivity index (χ4v) is 4.82. The lowest BCUT2D eigenvalue weighted by Crippen LogP contribution is -2.39. The van der Waals surface area contributed by atoms with Crippen molar-refractivity contribution >= 4 is 29.1 Å². The van der Waals surface area contributed by atoms with Gasteiger partial charge in [0, 0.05) is 40.4 Å². The van der Waals surface area contributed by atoms with Crippen molar-refractivity contribution in [1.82, 2.24) is 0 Å². The van der Waals surface area contributed by atoms with Gasteiger partial charge in [0.1, 0.15) is 5.92 Å². The van der Waals surface area contributed by atoms with Gasteiger partial charge in [0.2, 0.25) is 6.79 Å². The zero-order valence-electron chi connectivity index (χ0n) is 17.7. The van der Waals surface area contributed by atoms with E-state index in [1.807, 2.05) is 13.8 Å². The van der Waals surface area contributed by atoms with Gasteiger partial charge < -0.3 is 14.2 Å². The molecule has 2 heterocycles. The van der Waals surface area contributed by atoms with E-state index in [0.29, 0.717) is 59.2 Å². The Balaban J connectivity index is 1.87. The number of esters is 1. The van der Waals surface area contributed by atoms with Crippen molar-refractivity contribution in [2.45, 2.75) is 52.9 Å². The van der Waals surface area contributed by atoms with E-state index in [2.05, 4.69) is 13.8 Å². The maximum Gasteiger partial charge on any atom is 0.315 e. The topological polar surface area (TPSA) is 74.2 Å². The molecule has 30 heavy (non-hydrogen) atoms. The molecule has 6 nitrogen and oxygen atoms in total. The van der Waals surface area contributed by atoms with E-state index in [0.717, 1.165) is 5.70 Å². The molecular weight excluding hydrogens is 406 g/mol. The minimum Gasteiger partial charge on any atom is -0.465 e. The lowest BCUT2D eigenvalue weighted by molar-refractivity contribution is -0.146. The van der Waals surface area contributed by atoms with Gasteiger partial charge in [0.15, 0.2) is 17.3 Å². The Hall–Kier alpha value is -2.34. The fourth-order valence-electron chi connectivity index (χ4n) is 4.55. The van der Waals surface area contributed by atoms with Gasteiger partial charge in [-0.05, 0) is 36.8 Å². The Morgan fingerprint density at radius 1 is 1.27 bits per heavy atom. The highest BCUT2D eigenvalue weighted by Crippen LogP contribution is 2.51. The standard InChI is InChI=1S/C23H26ClNO5/c1-5-6-28-22(27)19-12(2)25-15-9-23(3,4)10-16(26)21(15)20(19)13-7-17-18(8-14(13)24)30-11-29-17/h7-8,19-20H,5-6,9-11H2,1-4H3/t19?,20-/m0/s1. The van der Waals surface area contributed by atoms with Crippen molar-refractivity contribution in [2.24, 2.45) is 16.3 Å². The molecule has 2 aliphatic heterocycles. The second-order valence-corrected chi connectivity index (χ2v) is 9.31. The summed E-state index contributed by atoms with van der Waals surface area (Å²) in [5, 5.41) is 0.428. The van der Waals surface area contributed by atoms with E-state index in [1.54, 1.807) is 12.1 Å². The van der Waals surface area contributed by atoms with Gasteiger partial charge in [-0.2, -0.15) is 0 Å². The summed E-state index contributed by atoms with van der Waals surface area (Å²) in [6, 6.07) is 3.47. The Morgan fingerprint density at radius 2 is 1.97 bits per heavy atom. The van der Waals surface area contributed by atoms with Gasteiger partial charge in [0.25, 0.3) is 0 Å². The number of rotatable bonds is 4. The number of nitrogens with zero attached hydrogens (tertiary/aromatic N) is 1. The normalized spacial score (nSPS) is 24.4. The van der Waals surface area contributed by atoms with Gasteiger partial charge in [-0.1, -0.05) is 32.4 Å². The largest absolute Gasteiger partial charge is 0.465 e. The predicted octanol–water partition coefficient (Wildman–Crippen LogP) is 4.84. The third-order valence-corrected chi connectivity index (χ3v) is 6.16. The molecule has 2 atom stereocenters. The van der Waals surface area contributed by atoms with Gasteiger partial charge in [-0.15, -0.1) is 0 Å². The van der Waals surface area contributed by atoms with E-state index in [1.165, 1.54) is 0 Å². The van der Waals surface area contributed by atoms with E-state index >= 15 is 0 Å². The number of halogens is 1. The van der Waals surface area contributed by atoms with Gasteiger partial charge in [-0.25, -0.2) is 0 Å². The summed E-state index contributed by atoms with van der Waals surface area (Å²) in [7, 11) is 0. The zero-order chi connectivity index (χ0) is 21.6. The average Bonchev–Trinajstić information content (AvgIpc) is 3.10. The van der Waals surface area contributed by atoms with Crippen LogP contribution in [0.2, 0.25) is 5.02 Å². The number of aliphatic imine (C=N–C) groups is 1. The highest BCUT2D eigenvalue weighted by atomic mass is 35.5. The van der Waals surface area contributed by atoms with Crippen LogP contribution in [0.5, 0.6) is 11.5 Å². The number of allylic oxidation sites excluding steroid dienone is 2. The van der Waals surface area contributed by atoms with Crippen molar-refractivity contribution in [3.8, 4) is 11.5 Å². The van der Waals surface area contributed by atoms with E-state index in [9.17, 15) is 9.59 Å². The van der Waals surface area contributed by atoms with Crippen molar-refractivity contribution in [3.63, 3.8) is 0 Å². The van der Waals surface area contributed by atoms with Crippen molar-refractivity contribution in [2.75, 3.05) is 13.4 Å². The first-order valence-electron chi connectivity index (χ1n) is 10.3. The van der Waals surface area contributed by atoms with Crippen LogP contribution in [-0.4, -0.2) is 30.9 Å². The second-order valence-electron chi connectivity index (χ2n) is 8.90. The first-order valence-corrected chi connectivity index (χ1v) is 10.7. The van der Waals surface area contributed by atoms with Crippen LogP contribution in [0.1, 0.15) is 58.4 Å². The molecule has 0 spiro atoms. The van der Waals surface area contributed by atoms with E-state index in [4.69, 9.17) is 30.8 Å². The molecular formula is C23H26ClNO5. The summed E-state index contributed by atoms with van der Waals surface area (Å²) in [6.45, 7) is 8.31. The molecule has 160 valence electrons. The van der Waals surface area contributed by atoms with Crippen LogP contribution in [0.15, 0.2) is 28.4 Å². The average molecular weight is 432 g/mol. The monoisotopic (exact) mass is 431 g/mol. The maximum atomic E-state index is 13.3. The van der Waals surface area contributed by atoms with Crippen LogP contribution in [0.4, 0.5) is 0 Å². The molecule has 1 unspecified atom stereocenters. The second kappa shape index (κ2) is 7.73. The Bertz CT molecular complexity index is 978. The number of hydrogen-bond donors (Lipinski definition) is 0. The summed E-state index contributed by atoms with van der Waals surface area (Å²) in [5.41, 5.74) is 2.43. The molecule has 0 fully saturated rings. The van der Waals surface area contributed by atoms with Gasteiger partial charge in [0.05, 0.1) is 6.61 Å². The van der Waals surface area contributed by atoms with Crippen LogP contribution in [0.3, 0.4) is 0 Å². The smallest absolute Gasteiger partial charge is 0.315 e. The summed E-state index contributed by atoms with van der Waals surface area (Å²) in [5.74, 6) is -0.544. The number of hydrogen-bond acceptors (Lipinski definition) is 6. The first-order chi connectivity index (χ1) is 14.2. The number of fused-ring (bicyclic) bond motifs is 1. The molecule has 4 rings (SSSR count). The minimum atomic E-state index is -0.710. The Labute approximate surface area is 181 Å². The molecule has 0 bridgehead atoms. The number of carbonyl (C=O) groups excluding carboxylic acids is 2. The number of Topliss-reactive ketones (excluding diaryl/α,β-unsaturated/α-hetero) is 1. The van der Waals surface area contributed by atoms with Gasteiger partial charge >= 0.3 is 5.97 Å². The lowest BCUT2D eigenvalue weighted by Gasteiger charge is -2.39. The SMILES string of the molecule is CCCOC(=O)C1C(C)=NC2=C(C(=O)CC(C)(C)C2)[C@H]1c1cc2c(cc1Cl)OCO2. The summed E-state index contributed by atoms with van der Waals surface area (Å²) >= 11 is 6.64. The molecule has 1 aromatic carbocycles. The maximum absolute atomic E-state index is 13.3. The van der Waals surface area contributed by atoms with Crippen molar-refractivity contribution < 1.29 is 23.8 Å². The molecule has 0 radical (unpaired) electrons. The third kappa shape index (κ3) is 3.62. The van der Waals surface area contributed by atoms with Crippen LogP contribution in [0, 0.1) is 11.3 Å². The van der Waals surface area contributed by atoms with E-state index in [-0.39, 0.29) is 24.0 Å². The number of ketones is 1.